The molecule has 0 radical (unpaired) electrons. The molecule has 0 spiro atoms. The smallest absolute Gasteiger partial charge is 0.326 e. The predicted octanol–water partition coefficient (Wildman–Crippen LogP) is 2.05. The molecule has 2 aliphatic carbocycles. The number of hydrogen-bond donors (Lipinski definition) is 3. The first kappa shape index (κ1) is 22.0. The van der Waals surface area contributed by atoms with E-state index in [4.69, 9.17) is 9.94 Å². The summed E-state index contributed by atoms with van der Waals surface area (Å²) in [7, 11) is 0. The fourth-order valence-electron chi connectivity index (χ4n) is 5.07. The van der Waals surface area contributed by atoms with E-state index in [9.17, 15) is 9.59 Å². The van der Waals surface area contributed by atoms with Gasteiger partial charge in [-0.2, -0.15) is 0 Å². The molecule has 2 unspecified atom stereocenters. The number of esters is 1. The fraction of sp³-hybridized carbons (Fsp3) is 0.727. The van der Waals surface area contributed by atoms with Crippen LogP contribution in [0.2, 0.25) is 0 Å². The fourth-order valence-corrected chi connectivity index (χ4v) is 5.07. The third-order valence-electron chi connectivity index (χ3n) is 7.00. The van der Waals surface area contributed by atoms with Gasteiger partial charge < -0.3 is 9.64 Å². The van der Waals surface area contributed by atoms with E-state index in [0.717, 1.165) is 58.0 Å². The first-order chi connectivity index (χ1) is 14.9. The molecule has 170 valence electrons. The van der Waals surface area contributed by atoms with Crippen molar-refractivity contribution >= 4 is 17.8 Å². The minimum absolute atomic E-state index is 0.0541. The Morgan fingerprint density at radius 3 is 2.35 bits per heavy atom. The van der Waals surface area contributed by atoms with E-state index in [0.29, 0.717) is 17.8 Å². The van der Waals surface area contributed by atoms with Crippen LogP contribution >= 0.6 is 0 Å². The first-order valence-electron chi connectivity index (χ1n) is 11.4. The van der Waals surface area contributed by atoms with Gasteiger partial charge in [-0.1, -0.05) is 13.8 Å². The molecule has 0 aromatic carbocycles. The van der Waals surface area contributed by atoms with Gasteiger partial charge >= 0.3 is 5.97 Å². The standard InChI is InChI=1S/C22H33N5O4/c1-14(2)18-11-22(18,20(29)31-17-5-3-4-6-17)25-16-7-9-27(10-8-16)21-23-12-15(13-24-21)19(28)26-30/h12-14,16-18,25,30H,3-11H2,1-2H3,(H,26,28). The van der Waals surface area contributed by atoms with Crippen LogP contribution in [0.3, 0.4) is 0 Å². The molecule has 2 heterocycles. The number of nitrogens with zero attached hydrogens (tertiary/aromatic N) is 3. The number of piperidine rings is 1. The van der Waals surface area contributed by atoms with Crippen LogP contribution in [0.4, 0.5) is 5.95 Å². The van der Waals surface area contributed by atoms with Gasteiger partial charge in [0.05, 0.1) is 5.56 Å². The van der Waals surface area contributed by atoms with Crippen LogP contribution < -0.4 is 15.7 Å². The number of rotatable bonds is 7. The van der Waals surface area contributed by atoms with Gasteiger partial charge in [-0.15, -0.1) is 0 Å². The van der Waals surface area contributed by atoms with Gasteiger partial charge in [0.25, 0.3) is 5.91 Å². The Balaban J connectivity index is 1.34. The van der Waals surface area contributed by atoms with Crippen molar-refractivity contribution in [3.8, 4) is 0 Å². The Morgan fingerprint density at radius 1 is 1.16 bits per heavy atom. The maximum Gasteiger partial charge on any atom is 0.326 e. The summed E-state index contributed by atoms with van der Waals surface area (Å²) in [4.78, 5) is 35.1. The van der Waals surface area contributed by atoms with Crippen molar-refractivity contribution in [1.29, 1.82) is 0 Å². The number of hydroxylamine groups is 1. The normalized spacial score (nSPS) is 26.8. The number of nitrogens with one attached hydrogen (secondary N) is 2. The number of amides is 1. The van der Waals surface area contributed by atoms with Crippen molar-refractivity contribution in [2.75, 3.05) is 18.0 Å². The molecule has 2 saturated carbocycles. The van der Waals surface area contributed by atoms with Crippen molar-refractivity contribution in [2.24, 2.45) is 11.8 Å². The zero-order valence-electron chi connectivity index (χ0n) is 18.3. The molecule has 3 N–H and O–H groups in total. The summed E-state index contributed by atoms with van der Waals surface area (Å²) < 4.78 is 5.91. The number of carbonyl (C=O) groups is 2. The SMILES string of the molecule is CC(C)C1CC1(NC1CCN(c2ncc(C(=O)NO)cn2)CC1)C(=O)OC1CCCC1. The summed E-state index contributed by atoms with van der Waals surface area (Å²) in [6.45, 7) is 5.89. The quantitative estimate of drug-likeness (QED) is 0.341. The van der Waals surface area contributed by atoms with E-state index >= 15 is 0 Å². The Kier molecular flexibility index (Phi) is 6.43. The lowest BCUT2D eigenvalue weighted by atomic mass is 9.99. The van der Waals surface area contributed by atoms with E-state index < -0.39 is 11.4 Å². The Labute approximate surface area is 182 Å². The average Bonchev–Trinajstić information content (AvgIpc) is 3.30. The number of carbonyl (C=O) groups excluding carboxylic acids is 2. The Bertz CT molecular complexity index is 788. The predicted molar refractivity (Wildman–Crippen MR) is 114 cm³/mol. The van der Waals surface area contributed by atoms with Crippen molar-refractivity contribution in [3.05, 3.63) is 18.0 Å². The largest absolute Gasteiger partial charge is 0.461 e. The highest BCUT2D eigenvalue weighted by molar-refractivity contribution is 5.92. The molecule has 4 rings (SSSR count). The first-order valence-corrected chi connectivity index (χ1v) is 11.4. The Hall–Kier alpha value is -2.26. The molecule has 3 aliphatic rings. The van der Waals surface area contributed by atoms with Crippen molar-refractivity contribution in [3.63, 3.8) is 0 Å². The second kappa shape index (κ2) is 9.08. The van der Waals surface area contributed by atoms with E-state index in [1.165, 1.54) is 12.4 Å². The molecule has 1 aromatic heterocycles. The van der Waals surface area contributed by atoms with Gasteiger partial charge in [-0.3, -0.25) is 20.1 Å². The summed E-state index contributed by atoms with van der Waals surface area (Å²) >= 11 is 0. The lowest BCUT2D eigenvalue weighted by Crippen LogP contribution is -2.53. The third-order valence-corrected chi connectivity index (χ3v) is 7.00. The third kappa shape index (κ3) is 4.67. The summed E-state index contributed by atoms with van der Waals surface area (Å²) in [6, 6.07) is 0.246. The molecule has 1 aromatic rings. The van der Waals surface area contributed by atoms with E-state index in [1.54, 1.807) is 5.48 Å². The lowest BCUT2D eigenvalue weighted by molar-refractivity contribution is -0.153. The molecule has 1 amide bonds. The molecule has 2 atom stereocenters. The minimum Gasteiger partial charge on any atom is -0.461 e. The van der Waals surface area contributed by atoms with E-state index in [-0.39, 0.29) is 23.7 Å². The van der Waals surface area contributed by atoms with Gasteiger partial charge in [0, 0.05) is 31.5 Å². The zero-order valence-corrected chi connectivity index (χ0v) is 18.3. The summed E-state index contributed by atoms with van der Waals surface area (Å²) in [5.74, 6) is 0.643. The molecule has 9 nitrogen and oxygen atoms in total. The molecular weight excluding hydrogens is 398 g/mol. The zero-order chi connectivity index (χ0) is 22.0. The molecular formula is C22H33N5O4. The number of ether oxygens (including phenoxy) is 1. The van der Waals surface area contributed by atoms with E-state index in [1.807, 2.05) is 0 Å². The van der Waals surface area contributed by atoms with Gasteiger partial charge in [0.2, 0.25) is 5.95 Å². The molecule has 1 saturated heterocycles. The van der Waals surface area contributed by atoms with Crippen LogP contribution in [-0.4, -0.2) is 57.8 Å². The Morgan fingerprint density at radius 2 is 1.81 bits per heavy atom. The van der Waals surface area contributed by atoms with Crippen molar-refractivity contribution in [2.45, 2.75) is 76.5 Å². The van der Waals surface area contributed by atoms with Crippen molar-refractivity contribution < 1.29 is 19.5 Å². The minimum atomic E-state index is -0.631. The number of anilines is 1. The maximum absolute atomic E-state index is 13.1. The van der Waals surface area contributed by atoms with Crippen LogP contribution in [0, 0.1) is 11.8 Å². The number of hydrogen-bond acceptors (Lipinski definition) is 8. The second-order valence-electron chi connectivity index (χ2n) is 9.46. The topological polar surface area (TPSA) is 117 Å². The van der Waals surface area contributed by atoms with Crippen LogP contribution in [0.25, 0.3) is 0 Å². The van der Waals surface area contributed by atoms with Crippen LogP contribution in [-0.2, 0) is 9.53 Å². The van der Waals surface area contributed by atoms with Gasteiger partial charge in [0.15, 0.2) is 0 Å². The van der Waals surface area contributed by atoms with Gasteiger partial charge in [-0.05, 0) is 56.8 Å². The number of aromatic nitrogens is 2. The molecule has 9 heteroatoms. The lowest BCUT2D eigenvalue weighted by Gasteiger charge is -2.35. The van der Waals surface area contributed by atoms with E-state index in [2.05, 4.69) is 34.0 Å². The molecule has 1 aliphatic heterocycles. The molecule has 0 bridgehead atoms. The molecule has 3 fully saturated rings. The monoisotopic (exact) mass is 431 g/mol. The average molecular weight is 432 g/mol. The maximum atomic E-state index is 13.1. The highest BCUT2D eigenvalue weighted by Gasteiger charge is 2.63. The second-order valence-corrected chi connectivity index (χ2v) is 9.46. The van der Waals surface area contributed by atoms with Crippen LogP contribution in [0.5, 0.6) is 0 Å². The highest BCUT2D eigenvalue weighted by atomic mass is 16.5. The summed E-state index contributed by atoms with van der Waals surface area (Å²) in [6.07, 6.45) is 9.81. The van der Waals surface area contributed by atoms with Crippen molar-refractivity contribution in [1.82, 2.24) is 20.8 Å². The van der Waals surface area contributed by atoms with Crippen LogP contribution in [0.1, 0.15) is 69.2 Å². The van der Waals surface area contributed by atoms with Gasteiger partial charge in [-0.25, -0.2) is 15.4 Å². The highest BCUT2D eigenvalue weighted by Crippen LogP contribution is 2.50. The molecule has 31 heavy (non-hydrogen) atoms. The van der Waals surface area contributed by atoms with Crippen LogP contribution in [0.15, 0.2) is 12.4 Å². The summed E-state index contributed by atoms with van der Waals surface area (Å²) in [5.41, 5.74) is 1.26. The summed E-state index contributed by atoms with van der Waals surface area (Å²) in [5, 5.41) is 12.4. The van der Waals surface area contributed by atoms with Gasteiger partial charge in [0.1, 0.15) is 11.6 Å².